The fourth-order valence-electron chi connectivity index (χ4n) is 2.73. The van der Waals surface area contributed by atoms with Crippen LogP contribution >= 0.6 is 11.6 Å². The van der Waals surface area contributed by atoms with Crippen molar-refractivity contribution in [3.63, 3.8) is 0 Å². The van der Waals surface area contributed by atoms with E-state index in [9.17, 15) is 22.4 Å². The number of pyridine rings is 1. The van der Waals surface area contributed by atoms with Crippen LogP contribution in [0.25, 0.3) is 0 Å². The number of rotatable bonds is 2. The summed E-state index contributed by atoms with van der Waals surface area (Å²) in [6, 6.07) is 2.80. The molecule has 0 unspecified atom stereocenters. The lowest BCUT2D eigenvalue weighted by molar-refractivity contribution is -0.137. The Labute approximate surface area is 161 Å². The zero-order chi connectivity index (χ0) is 20.8. The Balaban J connectivity index is 2.40. The van der Waals surface area contributed by atoms with Crippen LogP contribution in [0.4, 0.5) is 23.2 Å². The maximum absolute atomic E-state index is 14.5. The van der Waals surface area contributed by atoms with Gasteiger partial charge >= 0.3 is 6.18 Å². The zero-order valence-electron chi connectivity index (χ0n) is 14.5. The molecule has 0 aliphatic carbocycles. The molecule has 2 heterocycles. The van der Waals surface area contributed by atoms with Gasteiger partial charge in [-0.2, -0.15) is 13.2 Å². The van der Waals surface area contributed by atoms with Gasteiger partial charge < -0.3 is 4.74 Å². The molecule has 148 valence electrons. The topological polar surface area (TPSA) is 80.8 Å². The molecule has 0 bridgehead atoms. The van der Waals surface area contributed by atoms with Gasteiger partial charge in [-0.3, -0.25) is 9.79 Å². The summed E-state index contributed by atoms with van der Waals surface area (Å²) in [4.78, 5) is 20.4. The molecular formula is C17H13ClF4N4O2. The second kappa shape index (κ2) is 7.02. The molecule has 0 saturated carbocycles. The average Bonchev–Trinajstić information content (AvgIpc) is 2.72. The molecule has 28 heavy (non-hydrogen) atoms. The van der Waals surface area contributed by atoms with Gasteiger partial charge in [-0.25, -0.2) is 20.2 Å². The van der Waals surface area contributed by atoms with E-state index in [1.165, 1.54) is 20.1 Å². The third-order valence-corrected chi connectivity index (χ3v) is 4.49. The number of aromatic nitrogens is 1. The number of benzene rings is 1. The minimum absolute atomic E-state index is 0.00317. The number of carbonyl (C=O) groups is 1. The number of aliphatic imine (C=N–C) groups is 1. The highest BCUT2D eigenvalue weighted by Gasteiger charge is 2.38. The summed E-state index contributed by atoms with van der Waals surface area (Å²) in [7, 11) is 1.29. The van der Waals surface area contributed by atoms with Gasteiger partial charge in [0, 0.05) is 11.6 Å². The minimum atomic E-state index is -4.79. The molecule has 6 nitrogen and oxygen atoms in total. The second-order valence-corrected chi connectivity index (χ2v) is 6.24. The van der Waals surface area contributed by atoms with Crippen LogP contribution in [0.2, 0.25) is 5.02 Å². The SMILES string of the molecule is COc1ccc(F)c(C2=N[C@@H](C)C(=O)N(N)c3ccc(C(F)(F)F)c(Cl)c32)n1. The molecule has 0 spiro atoms. The summed E-state index contributed by atoms with van der Waals surface area (Å²) < 4.78 is 59.5. The number of hydrogen-bond acceptors (Lipinski definition) is 5. The standard InChI is InChI=1S/C17H13ClF4N4O2/c1-7-16(27)26(23)10-5-3-8(17(20,21)22)13(18)12(10)15(24-7)14-9(19)4-6-11(25-14)28-2/h3-7H,23H2,1-2H3/t7-/m0/s1. The van der Waals surface area contributed by atoms with Gasteiger partial charge in [0.2, 0.25) is 5.88 Å². The zero-order valence-corrected chi connectivity index (χ0v) is 15.3. The Kier molecular flexibility index (Phi) is 5.02. The highest BCUT2D eigenvalue weighted by Crippen LogP contribution is 2.41. The Morgan fingerprint density at radius 1 is 1.25 bits per heavy atom. The number of benzodiazepines with no additional fused rings is 1. The van der Waals surface area contributed by atoms with E-state index in [2.05, 4.69) is 9.98 Å². The van der Waals surface area contributed by atoms with Gasteiger partial charge in [-0.1, -0.05) is 11.6 Å². The molecule has 1 amide bonds. The lowest BCUT2D eigenvalue weighted by atomic mass is 10.0. The van der Waals surface area contributed by atoms with E-state index in [0.717, 1.165) is 12.1 Å². The highest BCUT2D eigenvalue weighted by atomic mass is 35.5. The van der Waals surface area contributed by atoms with Crippen molar-refractivity contribution >= 4 is 28.9 Å². The van der Waals surface area contributed by atoms with Crippen molar-refractivity contribution in [2.75, 3.05) is 12.1 Å². The monoisotopic (exact) mass is 416 g/mol. The van der Waals surface area contributed by atoms with Crippen molar-refractivity contribution < 1.29 is 27.1 Å². The number of halogens is 5. The molecule has 11 heteroatoms. The van der Waals surface area contributed by atoms with Crippen molar-refractivity contribution in [1.29, 1.82) is 0 Å². The Morgan fingerprint density at radius 3 is 2.54 bits per heavy atom. The molecule has 2 N–H and O–H groups in total. The number of amides is 1. The number of alkyl halides is 3. The summed E-state index contributed by atoms with van der Waals surface area (Å²) in [6.07, 6.45) is -4.79. The molecule has 0 saturated heterocycles. The van der Waals surface area contributed by atoms with Crippen molar-refractivity contribution in [1.82, 2.24) is 4.98 Å². The quantitative estimate of drug-likeness (QED) is 0.462. The molecule has 1 aromatic heterocycles. The Morgan fingerprint density at radius 2 is 1.93 bits per heavy atom. The number of hydrogen-bond donors (Lipinski definition) is 1. The molecule has 2 aromatic rings. The summed E-state index contributed by atoms with van der Waals surface area (Å²) in [5.41, 5.74) is -2.45. The summed E-state index contributed by atoms with van der Waals surface area (Å²) in [6.45, 7) is 1.37. The van der Waals surface area contributed by atoms with E-state index in [4.69, 9.17) is 22.2 Å². The molecule has 0 radical (unpaired) electrons. The highest BCUT2D eigenvalue weighted by molar-refractivity contribution is 6.38. The molecule has 3 rings (SSSR count). The molecule has 1 aliphatic rings. The van der Waals surface area contributed by atoms with E-state index in [1.807, 2.05) is 0 Å². The summed E-state index contributed by atoms with van der Waals surface area (Å²) >= 11 is 6.04. The number of nitrogens with two attached hydrogens (primary N) is 1. The fourth-order valence-corrected chi connectivity index (χ4v) is 3.08. The van der Waals surface area contributed by atoms with Gasteiger partial charge in [0.05, 0.1) is 29.1 Å². The van der Waals surface area contributed by atoms with Crippen LogP contribution in [-0.4, -0.2) is 29.8 Å². The smallest absolute Gasteiger partial charge is 0.417 e. The number of carbonyl (C=O) groups excluding carboxylic acids is 1. The molecule has 1 aromatic carbocycles. The van der Waals surface area contributed by atoms with Gasteiger partial charge in [0.15, 0.2) is 5.82 Å². The predicted molar refractivity (Wildman–Crippen MR) is 94.0 cm³/mol. The van der Waals surface area contributed by atoms with Crippen LogP contribution in [0.1, 0.15) is 23.7 Å². The largest absolute Gasteiger partial charge is 0.481 e. The number of methoxy groups -OCH3 is 1. The number of fused-ring (bicyclic) bond motifs is 1. The first-order valence-electron chi connectivity index (χ1n) is 7.83. The van der Waals surface area contributed by atoms with Crippen LogP contribution in [0.15, 0.2) is 29.3 Å². The van der Waals surface area contributed by atoms with Gasteiger partial charge in [0.25, 0.3) is 5.91 Å². The van der Waals surface area contributed by atoms with E-state index in [1.54, 1.807) is 0 Å². The van der Waals surface area contributed by atoms with E-state index >= 15 is 0 Å². The Hall–Kier alpha value is -2.72. The first-order chi connectivity index (χ1) is 13.1. The third-order valence-electron chi connectivity index (χ3n) is 4.09. The molecular weight excluding hydrogens is 404 g/mol. The van der Waals surface area contributed by atoms with Crippen molar-refractivity contribution in [3.8, 4) is 5.88 Å². The fraction of sp³-hybridized carbons (Fsp3) is 0.235. The van der Waals surface area contributed by atoms with Crippen molar-refractivity contribution in [2.45, 2.75) is 19.1 Å². The normalized spacial score (nSPS) is 17.1. The maximum Gasteiger partial charge on any atom is 0.417 e. The van der Waals surface area contributed by atoms with Crippen LogP contribution in [-0.2, 0) is 11.0 Å². The van der Waals surface area contributed by atoms with Crippen LogP contribution < -0.4 is 15.6 Å². The van der Waals surface area contributed by atoms with Crippen LogP contribution in [0.3, 0.4) is 0 Å². The van der Waals surface area contributed by atoms with Crippen molar-refractivity contribution in [2.24, 2.45) is 10.8 Å². The number of nitrogens with zero attached hydrogens (tertiary/aromatic N) is 3. The van der Waals surface area contributed by atoms with E-state index in [0.29, 0.717) is 11.1 Å². The van der Waals surface area contributed by atoms with Crippen LogP contribution in [0.5, 0.6) is 5.88 Å². The number of hydrazine groups is 1. The van der Waals surface area contributed by atoms with Gasteiger partial charge in [-0.15, -0.1) is 0 Å². The lowest BCUT2D eigenvalue weighted by Crippen LogP contribution is -2.42. The first-order valence-corrected chi connectivity index (χ1v) is 8.21. The number of ether oxygens (including phenoxy) is 1. The van der Waals surface area contributed by atoms with Gasteiger partial charge in [0.1, 0.15) is 11.7 Å². The molecule has 1 atom stereocenters. The molecule has 1 aliphatic heterocycles. The minimum Gasteiger partial charge on any atom is -0.481 e. The first kappa shape index (κ1) is 20.0. The van der Waals surface area contributed by atoms with Crippen LogP contribution in [0, 0.1) is 5.82 Å². The van der Waals surface area contributed by atoms with E-state index < -0.39 is 40.2 Å². The Bertz CT molecular complexity index is 994. The summed E-state index contributed by atoms with van der Waals surface area (Å²) in [5, 5.41) is -0.134. The van der Waals surface area contributed by atoms with Gasteiger partial charge in [-0.05, 0) is 25.1 Å². The predicted octanol–water partition coefficient (Wildman–Crippen LogP) is 3.35. The molecule has 0 fully saturated rings. The lowest BCUT2D eigenvalue weighted by Gasteiger charge is -2.21. The average molecular weight is 417 g/mol. The maximum atomic E-state index is 14.5. The number of anilines is 1. The third kappa shape index (κ3) is 3.29. The summed E-state index contributed by atoms with van der Waals surface area (Å²) in [5.74, 6) is 4.17. The van der Waals surface area contributed by atoms with E-state index in [-0.39, 0.29) is 22.8 Å². The second-order valence-electron chi connectivity index (χ2n) is 5.86. The van der Waals surface area contributed by atoms with Crippen molar-refractivity contribution in [3.05, 3.63) is 51.9 Å².